The van der Waals surface area contributed by atoms with E-state index in [0.29, 0.717) is 16.7 Å². The lowest BCUT2D eigenvalue weighted by Crippen LogP contribution is -1.97. The maximum Gasteiger partial charge on any atom is 0.337 e. The van der Waals surface area contributed by atoms with E-state index >= 15 is 0 Å². The first kappa shape index (κ1) is 20.2. The molecule has 0 unspecified atom stereocenters. The number of carbonyl (C=O) groups is 1. The van der Waals surface area contributed by atoms with Crippen LogP contribution >= 0.6 is 34.8 Å². The van der Waals surface area contributed by atoms with Crippen LogP contribution in [0, 0.1) is 13.8 Å². The van der Waals surface area contributed by atoms with Crippen molar-refractivity contribution in [1.82, 2.24) is 10.1 Å². The fraction of sp³-hybridized carbons (Fsp3) is 0.167. The second-order valence-electron chi connectivity index (χ2n) is 5.42. The zero-order valence-corrected chi connectivity index (χ0v) is 16.2. The number of aryl methyl sites for hydroxylation is 2. The highest BCUT2D eigenvalue weighted by Gasteiger charge is 2.11. The number of hydrogen-bond acceptors (Lipinski definition) is 4. The molecule has 0 saturated heterocycles. The molecule has 2 aromatic carbocycles. The third kappa shape index (κ3) is 5.21. The number of benzene rings is 2. The molecule has 5 nitrogen and oxygen atoms in total. The Morgan fingerprint density at radius 3 is 2.23 bits per heavy atom. The summed E-state index contributed by atoms with van der Waals surface area (Å²) in [6.45, 7) is 3.79. The average Bonchev–Trinajstić information content (AvgIpc) is 3.08. The molecule has 3 aromatic rings. The van der Waals surface area contributed by atoms with Crippen LogP contribution in [0.1, 0.15) is 27.3 Å². The monoisotopic (exact) mass is 412 g/mol. The fourth-order valence-electron chi connectivity index (χ4n) is 2.02. The van der Waals surface area contributed by atoms with E-state index in [1.54, 1.807) is 24.3 Å². The Bertz CT molecular complexity index is 926. The maximum atomic E-state index is 10.5. The molecule has 0 aliphatic rings. The van der Waals surface area contributed by atoms with Gasteiger partial charge >= 0.3 is 5.97 Å². The van der Waals surface area contributed by atoms with Gasteiger partial charge in [-0.1, -0.05) is 51.6 Å². The van der Waals surface area contributed by atoms with E-state index < -0.39 is 5.97 Å². The summed E-state index contributed by atoms with van der Waals surface area (Å²) >= 11 is 17.2. The summed E-state index contributed by atoms with van der Waals surface area (Å²) in [5.74, 6) is 0.106. The summed E-state index contributed by atoms with van der Waals surface area (Å²) in [4.78, 5) is 14.6. The van der Waals surface area contributed by atoms with Crippen molar-refractivity contribution >= 4 is 40.8 Å². The Kier molecular flexibility index (Phi) is 7.03. The van der Waals surface area contributed by atoms with Crippen LogP contribution in [0.15, 0.2) is 40.9 Å². The van der Waals surface area contributed by atoms with Gasteiger partial charge in [0, 0.05) is 0 Å². The Hall–Kier alpha value is -2.08. The molecule has 0 aliphatic heterocycles. The van der Waals surface area contributed by atoms with E-state index in [1.807, 2.05) is 26.0 Å². The summed E-state index contributed by atoms with van der Waals surface area (Å²) in [5, 5.41) is 13.2. The minimum Gasteiger partial charge on any atom is -0.478 e. The zero-order chi connectivity index (χ0) is 19.3. The minimum atomic E-state index is -0.987. The van der Waals surface area contributed by atoms with Crippen LogP contribution in [0.5, 0.6) is 0 Å². The van der Waals surface area contributed by atoms with Gasteiger partial charge in [-0.25, -0.2) is 4.79 Å². The molecule has 0 fully saturated rings. The highest BCUT2D eigenvalue weighted by atomic mass is 35.5. The number of rotatable bonds is 3. The molecule has 1 N–H and O–H groups in total. The Balaban J connectivity index is 0.000000197. The topological polar surface area (TPSA) is 76.2 Å². The lowest BCUT2D eigenvalue weighted by Gasteiger charge is -1.99. The summed E-state index contributed by atoms with van der Waals surface area (Å²) < 4.78 is 5.05. The van der Waals surface area contributed by atoms with Crippen molar-refractivity contribution in [2.24, 2.45) is 0 Å². The van der Waals surface area contributed by atoms with E-state index in [9.17, 15) is 4.79 Å². The van der Waals surface area contributed by atoms with Gasteiger partial charge in [-0.2, -0.15) is 4.98 Å². The third-order valence-electron chi connectivity index (χ3n) is 3.29. The molecule has 8 heteroatoms. The highest BCUT2D eigenvalue weighted by molar-refractivity contribution is 6.33. The molecule has 3 rings (SSSR count). The number of carboxylic acid groups (broad SMARTS) is 1. The first-order valence-electron chi connectivity index (χ1n) is 7.46. The van der Waals surface area contributed by atoms with E-state index in [2.05, 4.69) is 10.1 Å². The molecule has 0 saturated carbocycles. The van der Waals surface area contributed by atoms with Crippen molar-refractivity contribution in [2.75, 3.05) is 0 Å². The molecular weight excluding hydrogens is 399 g/mol. The lowest BCUT2D eigenvalue weighted by molar-refractivity contribution is 0.0697. The van der Waals surface area contributed by atoms with Crippen LogP contribution in [-0.2, 0) is 5.88 Å². The first-order valence-corrected chi connectivity index (χ1v) is 8.75. The number of carboxylic acids is 1. The van der Waals surface area contributed by atoms with Crippen molar-refractivity contribution in [2.45, 2.75) is 19.7 Å². The van der Waals surface area contributed by atoms with Crippen molar-refractivity contribution in [1.29, 1.82) is 0 Å². The van der Waals surface area contributed by atoms with Gasteiger partial charge in [0.2, 0.25) is 0 Å². The molecule has 1 heterocycles. The van der Waals surface area contributed by atoms with Crippen molar-refractivity contribution in [3.05, 3.63) is 69.0 Å². The molecule has 1 aromatic heterocycles. The van der Waals surface area contributed by atoms with Gasteiger partial charge in [0.1, 0.15) is 0 Å². The maximum absolute atomic E-state index is 10.5. The van der Waals surface area contributed by atoms with Gasteiger partial charge in [0.05, 0.1) is 27.1 Å². The lowest BCUT2D eigenvalue weighted by atomic mass is 10.1. The average molecular weight is 414 g/mol. The number of hydrogen-bond donors (Lipinski definition) is 1. The van der Waals surface area contributed by atoms with Crippen molar-refractivity contribution in [3.8, 4) is 11.5 Å². The summed E-state index contributed by atoms with van der Waals surface area (Å²) in [6, 6.07) is 10.5. The van der Waals surface area contributed by atoms with Gasteiger partial charge in [-0.15, -0.1) is 11.6 Å². The fourth-order valence-corrected chi connectivity index (χ4v) is 2.53. The van der Waals surface area contributed by atoms with Crippen molar-refractivity contribution < 1.29 is 14.4 Å². The molecule has 0 atom stereocenters. The molecular formula is C18H15Cl3N2O3. The SMILES string of the molecule is Cc1ccc(Cl)c(-c2nc(CCl)no2)c1.Cc1ccc(Cl)c(C(=O)O)c1. The molecule has 0 amide bonds. The molecule has 0 spiro atoms. The van der Waals surface area contributed by atoms with Crippen molar-refractivity contribution in [3.63, 3.8) is 0 Å². The minimum absolute atomic E-state index is 0.159. The van der Waals surface area contributed by atoms with Crippen LogP contribution < -0.4 is 0 Å². The quantitative estimate of drug-likeness (QED) is 0.550. The predicted octanol–water partition coefficient (Wildman–Crippen LogP) is 5.78. The second kappa shape index (κ2) is 9.03. The number of aromatic nitrogens is 2. The van der Waals surface area contributed by atoms with Crippen LogP contribution in [0.4, 0.5) is 0 Å². The Labute approximate surface area is 165 Å². The van der Waals surface area contributed by atoms with E-state index in [4.69, 9.17) is 44.4 Å². The van der Waals surface area contributed by atoms with E-state index in [-0.39, 0.29) is 16.5 Å². The largest absolute Gasteiger partial charge is 0.478 e. The van der Waals surface area contributed by atoms with Crippen LogP contribution in [0.2, 0.25) is 10.0 Å². The summed E-state index contributed by atoms with van der Waals surface area (Å²) in [7, 11) is 0. The molecule has 26 heavy (non-hydrogen) atoms. The molecule has 0 radical (unpaired) electrons. The van der Waals surface area contributed by atoms with E-state index in [1.165, 1.54) is 0 Å². The van der Waals surface area contributed by atoms with Gasteiger partial charge in [-0.05, 0) is 38.1 Å². The normalized spacial score (nSPS) is 10.2. The Morgan fingerprint density at radius 2 is 1.69 bits per heavy atom. The third-order valence-corrected chi connectivity index (χ3v) is 4.19. The first-order chi connectivity index (χ1) is 12.3. The van der Waals surface area contributed by atoms with Gasteiger partial charge in [0.15, 0.2) is 5.82 Å². The highest BCUT2D eigenvalue weighted by Crippen LogP contribution is 2.27. The summed E-state index contributed by atoms with van der Waals surface area (Å²) in [5.41, 5.74) is 2.87. The summed E-state index contributed by atoms with van der Waals surface area (Å²) in [6.07, 6.45) is 0. The van der Waals surface area contributed by atoms with Crippen LogP contribution in [-0.4, -0.2) is 21.2 Å². The van der Waals surface area contributed by atoms with E-state index in [0.717, 1.165) is 16.7 Å². The number of alkyl halides is 1. The number of nitrogens with zero attached hydrogens (tertiary/aromatic N) is 2. The standard InChI is InChI=1S/C10H8Cl2N2O.C8H7ClO2/c1-6-2-3-8(12)7(4-6)10-13-9(5-11)14-15-10;1-5-2-3-7(9)6(4-5)8(10)11/h2-4H,5H2,1H3;2-4H,1H3,(H,10,11). The number of aromatic carboxylic acids is 1. The molecule has 136 valence electrons. The zero-order valence-electron chi connectivity index (χ0n) is 14.0. The Morgan fingerprint density at radius 1 is 1.08 bits per heavy atom. The predicted molar refractivity (Wildman–Crippen MR) is 102 cm³/mol. The van der Waals surface area contributed by atoms with Gasteiger partial charge in [-0.3, -0.25) is 0 Å². The molecule has 0 bridgehead atoms. The van der Waals surface area contributed by atoms with Gasteiger partial charge in [0.25, 0.3) is 5.89 Å². The molecule has 0 aliphatic carbocycles. The van der Waals surface area contributed by atoms with Crippen LogP contribution in [0.3, 0.4) is 0 Å². The number of halogens is 3. The smallest absolute Gasteiger partial charge is 0.337 e. The van der Waals surface area contributed by atoms with Crippen LogP contribution in [0.25, 0.3) is 11.5 Å². The van der Waals surface area contributed by atoms with Gasteiger partial charge < -0.3 is 9.63 Å². The second-order valence-corrected chi connectivity index (χ2v) is 6.50.